The van der Waals surface area contributed by atoms with Gasteiger partial charge in [-0.25, -0.2) is 4.98 Å². The second-order valence-corrected chi connectivity index (χ2v) is 11.6. The summed E-state index contributed by atoms with van der Waals surface area (Å²) in [6.45, 7) is 8.53. The van der Waals surface area contributed by atoms with Gasteiger partial charge in [0, 0.05) is 41.3 Å². The monoisotopic (exact) mass is 554 g/mol. The van der Waals surface area contributed by atoms with Crippen LogP contribution in [0.5, 0.6) is 0 Å². The number of pyridine rings is 2. The fourth-order valence-electron chi connectivity index (χ4n) is 4.87. The average molecular weight is 555 g/mol. The highest BCUT2D eigenvalue weighted by Gasteiger charge is 2.54. The number of nitriles is 2. The lowest BCUT2D eigenvalue weighted by Gasteiger charge is -2.24. The van der Waals surface area contributed by atoms with Crippen LogP contribution in [0.4, 0.5) is 15.8 Å². The molecule has 6 N–H and O–H groups in total. The summed E-state index contributed by atoms with van der Waals surface area (Å²) in [4.78, 5) is 20.6. The van der Waals surface area contributed by atoms with E-state index in [1.54, 1.807) is 30.3 Å². The van der Waals surface area contributed by atoms with Crippen LogP contribution in [-0.4, -0.2) is 33.0 Å². The Bertz CT molecular complexity index is 1660. The van der Waals surface area contributed by atoms with Gasteiger partial charge in [0.15, 0.2) is 0 Å². The van der Waals surface area contributed by atoms with E-state index < -0.39 is 23.4 Å². The van der Waals surface area contributed by atoms with Crippen LogP contribution in [0.3, 0.4) is 0 Å². The van der Waals surface area contributed by atoms with Crippen molar-refractivity contribution in [1.29, 1.82) is 10.5 Å². The second-order valence-electron chi connectivity index (χ2n) is 11.6. The highest BCUT2D eigenvalue weighted by molar-refractivity contribution is 5.99. The Kier molecular flexibility index (Phi) is 6.89. The van der Waals surface area contributed by atoms with Gasteiger partial charge >= 0.3 is 0 Å². The molecular formula is C29H31FN10O. The van der Waals surface area contributed by atoms with Gasteiger partial charge in [0.25, 0.3) is 0 Å². The van der Waals surface area contributed by atoms with E-state index in [1.807, 2.05) is 6.07 Å². The van der Waals surface area contributed by atoms with Crippen LogP contribution >= 0.6 is 0 Å². The maximum atomic E-state index is 14.0. The molecular weight excluding hydrogens is 523 g/mol. The Balaban J connectivity index is 1.61. The van der Waals surface area contributed by atoms with Gasteiger partial charge in [-0.05, 0) is 43.4 Å². The summed E-state index contributed by atoms with van der Waals surface area (Å²) >= 11 is 0. The molecule has 2 aliphatic rings. The molecule has 1 fully saturated rings. The first kappa shape index (κ1) is 27.6. The minimum atomic E-state index is -0.820. The van der Waals surface area contributed by atoms with Gasteiger partial charge in [0.2, 0.25) is 11.9 Å². The molecule has 0 unspecified atom stereocenters. The zero-order chi connectivity index (χ0) is 29.5. The van der Waals surface area contributed by atoms with E-state index in [-0.39, 0.29) is 5.41 Å². The number of hydrazine groups is 2. The van der Waals surface area contributed by atoms with Crippen LogP contribution in [0.2, 0.25) is 0 Å². The van der Waals surface area contributed by atoms with Gasteiger partial charge in [-0.3, -0.25) is 14.8 Å². The first-order chi connectivity index (χ1) is 19.5. The van der Waals surface area contributed by atoms with Gasteiger partial charge in [-0.1, -0.05) is 26.8 Å². The zero-order valence-corrected chi connectivity index (χ0v) is 23.3. The number of nitrogens with one attached hydrogen (secondary N) is 4. The molecule has 1 aliphatic heterocycles. The molecule has 5 rings (SSSR count). The third kappa shape index (κ3) is 5.30. The van der Waals surface area contributed by atoms with Crippen LogP contribution in [-0.2, 0) is 4.79 Å². The smallest absolute Gasteiger partial charge is 0.244 e. The van der Waals surface area contributed by atoms with Crippen LogP contribution in [0.1, 0.15) is 62.0 Å². The maximum absolute atomic E-state index is 14.0. The number of carbonyl (C=O) groups is 1. The van der Waals surface area contributed by atoms with Crippen molar-refractivity contribution in [3.63, 3.8) is 0 Å². The molecule has 210 valence electrons. The van der Waals surface area contributed by atoms with Crippen molar-refractivity contribution in [1.82, 2.24) is 25.9 Å². The van der Waals surface area contributed by atoms with Crippen molar-refractivity contribution < 1.29 is 9.18 Å². The molecule has 41 heavy (non-hydrogen) atoms. The van der Waals surface area contributed by atoms with Gasteiger partial charge in [0.05, 0.1) is 34.1 Å². The van der Waals surface area contributed by atoms with E-state index in [9.17, 15) is 19.7 Å². The molecule has 2 aromatic heterocycles. The third-order valence-electron chi connectivity index (χ3n) is 7.27. The summed E-state index contributed by atoms with van der Waals surface area (Å²) in [5.74, 6) is -1.04. The van der Waals surface area contributed by atoms with Crippen molar-refractivity contribution in [3.8, 4) is 12.1 Å². The molecule has 3 aromatic rings. The van der Waals surface area contributed by atoms with E-state index in [4.69, 9.17) is 5.73 Å². The molecule has 0 saturated heterocycles. The summed E-state index contributed by atoms with van der Waals surface area (Å²) in [6, 6.07) is 10.3. The predicted octanol–water partition coefficient (Wildman–Crippen LogP) is 3.62. The number of aryl methyl sites for hydroxylation is 1. The van der Waals surface area contributed by atoms with E-state index in [0.29, 0.717) is 69.7 Å². The van der Waals surface area contributed by atoms with E-state index in [1.165, 1.54) is 12.3 Å². The Morgan fingerprint density at radius 3 is 2.59 bits per heavy atom. The highest BCUT2D eigenvalue weighted by atomic mass is 19.1. The number of nitrogens with two attached hydrogens (primary N) is 1. The Labute approximate surface area is 237 Å². The molecule has 0 spiro atoms. The van der Waals surface area contributed by atoms with Gasteiger partial charge in [0.1, 0.15) is 17.7 Å². The zero-order valence-electron chi connectivity index (χ0n) is 23.3. The van der Waals surface area contributed by atoms with E-state index in [2.05, 4.69) is 64.5 Å². The van der Waals surface area contributed by atoms with Gasteiger partial charge < -0.3 is 21.8 Å². The number of hydrogen-bond donors (Lipinski definition) is 5. The number of carbonyl (C=O) groups excluding carboxylic acids is 1. The summed E-state index contributed by atoms with van der Waals surface area (Å²) in [5, 5.41) is 29.0. The van der Waals surface area contributed by atoms with Crippen LogP contribution < -0.4 is 27.3 Å². The first-order valence-corrected chi connectivity index (χ1v) is 13.2. The number of benzene rings is 1. The summed E-state index contributed by atoms with van der Waals surface area (Å²) in [5.41, 5.74) is 15.0. The number of amides is 1. The molecule has 0 bridgehead atoms. The summed E-state index contributed by atoms with van der Waals surface area (Å²) < 4.78 is 14.0. The van der Waals surface area contributed by atoms with E-state index >= 15 is 0 Å². The van der Waals surface area contributed by atoms with Crippen molar-refractivity contribution in [3.05, 3.63) is 70.7 Å². The molecule has 1 aliphatic carbocycles. The molecule has 1 aromatic carbocycles. The normalized spacial score (nSPS) is 16.3. The quantitative estimate of drug-likeness (QED) is 0.259. The van der Waals surface area contributed by atoms with Gasteiger partial charge in [-0.15, -0.1) is 5.53 Å². The molecule has 1 amide bonds. The minimum Gasteiger partial charge on any atom is -0.383 e. The molecule has 12 heteroatoms. The standard InChI is InChI=1S/C29H31FN10O/c1-16-20(5-6-23(30)36-16)26(22-14-40(39-38-22)29(7-8-29)27(33)41)37-19-9-17(11-31)24-21(10-19)25(18(12-32)13-34-24)35-15-28(2,3)4/h5-6,9-10,13-14,26,37-39H,7-8,15H2,1-4H3,(H2,33,41)(H,34,35)/t26-/m0/s1. The largest absolute Gasteiger partial charge is 0.383 e. The van der Waals surface area contributed by atoms with Crippen molar-refractivity contribution >= 4 is 28.2 Å². The topological polar surface area (TPSA) is 168 Å². The second kappa shape index (κ2) is 10.2. The molecule has 11 nitrogen and oxygen atoms in total. The summed E-state index contributed by atoms with van der Waals surface area (Å²) in [7, 11) is 0. The molecule has 3 heterocycles. The number of rotatable bonds is 8. The maximum Gasteiger partial charge on any atom is 0.244 e. The number of nitrogens with zero attached hydrogens (tertiary/aromatic N) is 5. The highest BCUT2D eigenvalue weighted by Crippen LogP contribution is 2.43. The van der Waals surface area contributed by atoms with Gasteiger partial charge in [-0.2, -0.15) is 14.9 Å². The molecule has 1 atom stereocenters. The number of fused-ring (bicyclic) bond motifs is 1. The third-order valence-corrected chi connectivity index (χ3v) is 7.27. The lowest BCUT2D eigenvalue weighted by Crippen LogP contribution is -2.51. The lowest BCUT2D eigenvalue weighted by atomic mass is 9.96. The van der Waals surface area contributed by atoms with Crippen molar-refractivity contribution in [2.45, 2.75) is 52.1 Å². The van der Waals surface area contributed by atoms with Crippen LogP contribution in [0, 0.1) is 40.9 Å². The van der Waals surface area contributed by atoms with Crippen LogP contribution in [0.15, 0.2) is 42.4 Å². The summed E-state index contributed by atoms with van der Waals surface area (Å²) in [6.07, 6.45) is 4.46. The van der Waals surface area contributed by atoms with Crippen molar-refractivity contribution in [2.75, 3.05) is 17.2 Å². The Morgan fingerprint density at radius 1 is 1.24 bits per heavy atom. The average Bonchev–Trinajstić information content (AvgIpc) is 3.60. The Morgan fingerprint density at radius 2 is 1.98 bits per heavy atom. The van der Waals surface area contributed by atoms with Crippen LogP contribution in [0.25, 0.3) is 10.9 Å². The van der Waals surface area contributed by atoms with Crippen molar-refractivity contribution in [2.24, 2.45) is 11.1 Å². The first-order valence-electron chi connectivity index (χ1n) is 13.2. The Hall–Kier alpha value is -4.94. The molecule has 0 radical (unpaired) electrons. The fourth-order valence-corrected chi connectivity index (χ4v) is 4.87. The lowest BCUT2D eigenvalue weighted by molar-refractivity contribution is -0.124. The molecule has 1 saturated carbocycles. The minimum absolute atomic E-state index is 0.0717. The van der Waals surface area contributed by atoms with E-state index in [0.717, 1.165) is 0 Å². The SMILES string of the molecule is Cc1nc(F)ccc1[C@H](Nc1cc(C#N)c2ncc(C#N)c(NCC(C)(C)C)c2c1)C1=CN(C2(C(N)=O)CC2)NN1. The number of primary amides is 1. The number of aromatic nitrogens is 2. The number of halogens is 1. The number of anilines is 2. The number of hydrogen-bond acceptors (Lipinski definition) is 10. The fraction of sp³-hybridized carbons (Fsp3) is 0.345. The predicted molar refractivity (Wildman–Crippen MR) is 152 cm³/mol.